The number of hydrogen-bond acceptors (Lipinski definition) is 4. The summed E-state index contributed by atoms with van der Waals surface area (Å²) in [6.45, 7) is 2.58. The van der Waals surface area contributed by atoms with Gasteiger partial charge in [-0.25, -0.2) is 0 Å². The molecular formula is C19H20N4O. The molecule has 2 aromatic carbocycles. The molecule has 3 aromatic rings. The molecule has 24 heavy (non-hydrogen) atoms. The maximum absolute atomic E-state index is 12.2. The quantitative estimate of drug-likeness (QED) is 0.757. The molecule has 0 saturated heterocycles. The zero-order valence-corrected chi connectivity index (χ0v) is 13.6. The molecule has 3 N–H and O–H groups in total. The molecule has 0 atom stereocenters. The lowest BCUT2D eigenvalue weighted by Gasteiger charge is -2.10. The van der Waals surface area contributed by atoms with Crippen molar-refractivity contribution in [2.24, 2.45) is 0 Å². The van der Waals surface area contributed by atoms with Gasteiger partial charge in [-0.2, -0.15) is 0 Å². The van der Waals surface area contributed by atoms with Crippen molar-refractivity contribution in [2.45, 2.75) is 19.8 Å². The molecule has 0 saturated carbocycles. The van der Waals surface area contributed by atoms with Crippen molar-refractivity contribution >= 4 is 22.5 Å². The summed E-state index contributed by atoms with van der Waals surface area (Å²) in [6, 6.07) is 16.0. The van der Waals surface area contributed by atoms with E-state index in [4.69, 9.17) is 5.73 Å². The number of amides is 1. The molecular weight excluding hydrogens is 300 g/mol. The van der Waals surface area contributed by atoms with Gasteiger partial charge in [0.05, 0.1) is 11.2 Å². The van der Waals surface area contributed by atoms with Crippen LogP contribution in [-0.4, -0.2) is 22.6 Å². The first-order chi connectivity index (χ1) is 11.7. The van der Waals surface area contributed by atoms with Crippen LogP contribution < -0.4 is 11.1 Å². The maximum atomic E-state index is 12.2. The highest BCUT2D eigenvalue weighted by Crippen LogP contribution is 2.25. The number of nitrogens with one attached hydrogen (secondary N) is 1. The van der Waals surface area contributed by atoms with Crippen LogP contribution in [0.15, 0.2) is 48.5 Å². The van der Waals surface area contributed by atoms with Crippen molar-refractivity contribution in [3.63, 3.8) is 0 Å². The Bertz CT molecular complexity index is 862. The molecule has 5 nitrogen and oxygen atoms in total. The molecule has 1 heterocycles. The third kappa shape index (κ3) is 3.20. The fraction of sp³-hybridized carbons (Fsp3) is 0.211. The van der Waals surface area contributed by atoms with Crippen LogP contribution >= 0.6 is 0 Å². The molecule has 1 aromatic heterocycles. The molecule has 0 bridgehead atoms. The Hall–Kier alpha value is -2.95. The van der Waals surface area contributed by atoms with E-state index < -0.39 is 0 Å². The predicted octanol–water partition coefficient (Wildman–Crippen LogP) is 2.94. The van der Waals surface area contributed by atoms with Gasteiger partial charge in [0, 0.05) is 11.9 Å². The van der Waals surface area contributed by atoms with Gasteiger partial charge in [-0.15, -0.1) is 10.2 Å². The smallest absolute Gasteiger partial charge is 0.273 e. The summed E-state index contributed by atoms with van der Waals surface area (Å²) >= 11 is 0. The summed E-state index contributed by atoms with van der Waals surface area (Å²) in [7, 11) is 0. The number of aromatic nitrogens is 2. The van der Waals surface area contributed by atoms with Crippen molar-refractivity contribution in [2.75, 3.05) is 12.3 Å². The third-order valence-electron chi connectivity index (χ3n) is 3.90. The van der Waals surface area contributed by atoms with Gasteiger partial charge in [0.1, 0.15) is 0 Å². The van der Waals surface area contributed by atoms with Gasteiger partial charge in [-0.3, -0.25) is 4.79 Å². The second kappa shape index (κ2) is 7.08. The number of carbonyl (C=O) groups excluding carboxylic acids is 1. The Morgan fingerprint density at radius 3 is 2.62 bits per heavy atom. The van der Waals surface area contributed by atoms with Gasteiger partial charge in [-0.1, -0.05) is 55.5 Å². The highest BCUT2D eigenvalue weighted by atomic mass is 16.1. The number of benzene rings is 2. The van der Waals surface area contributed by atoms with Gasteiger partial charge in [0.15, 0.2) is 5.69 Å². The number of nitrogen functional groups attached to an aromatic ring is 1. The molecule has 1 amide bonds. The van der Waals surface area contributed by atoms with E-state index in [0.29, 0.717) is 12.2 Å². The molecule has 0 aliphatic heterocycles. The minimum Gasteiger partial charge on any atom is -0.396 e. The number of anilines is 1. The molecule has 0 aliphatic carbocycles. The van der Waals surface area contributed by atoms with Crippen LogP contribution in [0, 0.1) is 0 Å². The lowest BCUT2D eigenvalue weighted by molar-refractivity contribution is 0.0949. The molecule has 0 spiro atoms. The fourth-order valence-corrected chi connectivity index (χ4v) is 2.66. The van der Waals surface area contributed by atoms with E-state index in [2.05, 4.69) is 27.6 Å². The van der Waals surface area contributed by atoms with Gasteiger partial charge in [0.25, 0.3) is 5.91 Å². The van der Waals surface area contributed by atoms with E-state index >= 15 is 0 Å². The van der Waals surface area contributed by atoms with Crippen molar-refractivity contribution in [3.05, 3.63) is 65.4 Å². The Morgan fingerprint density at radius 1 is 1.08 bits per heavy atom. The molecule has 5 heteroatoms. The van der Waals surface area contributed by atoms with E-state index in [1.165, 1.54) is 5.56 Å². The van der Waals surface area contributed by atoms with Crippen molar-refractivity contribution in [3.8, 4) is 0 Å². The maximum Gasteiger partial charge on any atom is 0.273 e. The second-order valence-electron chi connectivity index (χ2n) is 5.69. The number of rotatable bonds is 5. The Labute approximate surface area is 140 Å². The standard InChI is InChI=1S/C19H20N4O/c1-2-11-21-19(24)18-16(20)15-10-6-9-14(17(15)22-23-18)12-13-7-4-3-5-8-13/h3-10H,2,11-12H2,1H3,(H2,20,22)(H,21,24). The SMILES string of the molecule is CCCNC(=O)c1nnc2c(Cc3ccccc3)cccc2c1N. The van der Waals surface area contributed by atoms with Crippen LogP contribution in [0.4, 0.5) is 5.69 Å². The molecule has 0 radical (unpaired) electrons. The average molecular weight is 320 g/mol. The highest BCUT2D eigenvalue weighted by molar-refractivity contribution is 6.05. The van der Waals surface area contributed by atoms with Crippen molar-refractivity contribution in [1.29, 1.82) is 0 Å². The first-order valence-electron chi connectivity index (χ1n) is 8.06. The normalized spacial score (nSPS) is 10.7. The van der Waals surface area contributed by atoms with Crippen LogP contribution in [0.2, 0.25) is 0 Å². The highest BCUT2D eigenvalue weighted by Gasteiger charge is 2.16. The summed E-state index contributed by atoms with van der Waals surface area (Å²) in [4.78, 5) is 12.2. The second-order valence-corrected chi connectivity index (χ2v) is 5.69. The predicted molar refractivity (Wildman–Crippen MR) is 95.8 cm³/mol. The summed E-state index contributed by atoms with van der Waals surface area (Å²) in [5, 5.41) is 11.9. The van der Waals surface area contributed by atoms with Gasteiger partial charge in [0.2, 0.25) is 0 Å². The van der Waals surface area contributed by atoms with E-state index in [-0.39, 0.29) is 11.6 Å². The summed E-state index contributed by atoms with van der Waals surface area (Å²) < 4.78 is 0. The van der Waals surface area contributed by atoms with Crippen LogP contribution in [0.5, 0.6) is 0 Å². The largest absolute Gasteiger partial charge is 0.396 e. The summed E-state index contributed by atoms with van der Waals surface area (Å²) in [5.74, 6) is -0.280. The van der Waals surface area contributed by atoms with Crippen LogP contribution in [0.1, 0.15) is 35.0 Å². The Kier molecular flexibility index (Phi) is 4.70. The summed E-state index contributed by atoms with van der Waals surface area (Å²) in [5.41, 5.74) is 9.73. The molecule has 0 unspecified atom stereocenters. The Balaban J connectivity index is 1.99. The lowest BCUT2D eigenvalue weighted by atomic mass is 10.0. The topological polar surface area (TPSA) is 80.9 Å². The number of hydrogen-bond donors (Lipinski definition) is 2. The Morgan fingerprint density at radius 2 is 1.88 bits per heavy atom. The number of carbonyl (C=O) groups is 1. The number of nitrogens with two attached hydrogens (primary N) is 1. The van der Waals surface area contributed by atoms with Crippen molar-refractivity contribution in [1.82, 2.24) is 15.5 Å². The molecule has 0 fully saturated rings. The van der Waals surface area contributed by atoms with E-state index in [1.807, 2.05) is 43.3 Å². The fourth-order valence-electron chi connectivity index (χ4n) is 2.66. The van der Waals surface area contributed by atoms with Gasteiger partial charge in [-0.05, 0) is 24.0 Å². The lowest BCUT2D eigenvalue weighted by Crippen LogP contribution is -2.26. The average Bonchev–Trinajstić information content (AvgIpc) is 2.61. The van der Waals surface area contributed by atoms with Crippen LogP contribution in [0.25, 0.3) is 10.9 Å². The number of nitrogens with zero attached hydrogens (tertiary/aromatic N) is 2. The minimum atomic E-state index is -0.280. The first-order valence-corrected chi connectivity index (χ1v) is 8.06. The summed E-state index contributed by atoms with van der Waals surface area (Å²) in [6.07, 6.45) is 1.60. The monoisotopic (exact) mass is 320 g/mol. The third-order valence-corrected chi connectivity index (χ3v) is 3.90. The van der Waals surface area contributed by atoms with Crippen LogP contribution in [0.3, 0.4) is 0 Å². The van der Waals surface area contributed by atoms with Crippen LogP contribution in [-0.2, 0) is 6.42 Å². The van der Waals surface area contributed by atoms with Gasteiger partial charge >= 0.3 is 0 Å². The van der Waals surface area contributed by atoms with E-state index in [9.17, 15) is 4.79 Å². The zero-order chi connectivity index (χ0) is 16.9. The number of fused-ring (bicyclic) bond motifs is 1. The van der Waals surface area contributed by atoms with E-state index in [1.54, 1.807) is 0 Å². The molecule has 122 valence electrons. The zero-order valence-electron chi connectivity index (χ0n) is 13.6. The minimum absolute atomic E-state index is 0.188. The van der Waals surface area contributed by atoms with Crippen molar-refractivity contribution < 1.29 is 4.79 Å². The van der Waals surface area contributed by atoms with E-state index in [0.717, 1.165) is 29.3 Å². The molecule has 3 rings (SSSR count). The first kappa shape index (κ1) is 15.9. The van der Waals surface area contributed by atoms with Gasteiger partial charge < -0.3 is 11.1 Å². The molecule has 0 aliphatic rings.